The van der Waals surface area contributed by atoms with Gasteiger partial charge in [-0.1, -0.05) is 18.2 Å². The third-order valence-electron chi connectivity index (χ3n) is 1.89. The van der Waals surface area contributed by atoms with Crippen molar-refractivity contribution in [2.24, 2.45) is 0 Å². The van der Waals surface area contributed by atoms with E-state index in [2.05, 4.69) is 6.58 Å². The van der Waals surface area contributed by atoms with Gasteiger partial charge in [0.2, 0.25) is 0 Å². The number of rotatable bonds is 1. The summed E-state index contributed by atoms with van der Waals surface area (Å²) < 4.78 is 0. The summed E-state index contributed by atoms with van der Waals surface area (Å²) in [6, 6.07) is 0. The summed E-state index contributed by atoms with van der Waals surface area (Å²) in [5.74, 6) is 0. The highest BCUT2D eigenvalue weighted by atomic mass is 16.3. The highest BCUT2D eigenvalue weighted by Crippen LogP contribution is 2.22. The highest BCUT2D eigenvalue weighted by molar-refractivity contribution is 5.28. The lowest BCUT2D eigenvalue weighted by Gasteiger charge is -2.16. The van der Waals surface area contributed by atoms with E-state index in [1.165, 1.54) is 5.57 Å². The predicted octanol–water partition coefficient (Wildman–Crippen LogP) is 2.03. The van der Waals surface area contributed by atoms with E-state index in [0.29, 0.717) is 0 Å². The van der Waals surface area contributed by atoms with Crippen molar-refractivity contribution in [1.29, 1.82) is 0 Å². The molecule has 1 rings (SSSR count). The fraction of sp³-hybridized carbons (Fsp3) is 0.556. The molecule has 1 atom stereocenters. The molecule has 10 heavy (non-hydrogen) atoms. The van der Waals surface area contributed by atoms with Gasteiger partial charge in [0, 0.05) is 0 Å². The molecule has 1 aliphatic carbocycles. The van der Waals surface area contributed by atoms with Crippen LogP contribution < -0.4 is 0 Å². The Morgan fingerprint density at radius 3 is 2.90 bits per heavy atom. The lowest BCUT2D eigenvalue weighted by atomic mass is 9.94. The van der Waals surface area contributed by atoms with Crippen molar-refractivity contribution >= 4 is 0 Å². The summed E-state index contributed by atoms with van der Waals surface area (Å²) in [4.78, 5) is 0. The van der Waals surface area contributed by atoms with Crippen molar-refractivity contribution in [3.8, 4) is 0 Å². The molecule has 1 N–H and O–H groups in total. The van der Waals surface area contributed by atoms with E-state index in [0.717, 1.165) is 24.8 Å². The number of aliphatic hydroxyl groups excluding tert-OH is 1. The van der Waals surface area contributed by atoms with Gasteiger partial charge in [0.1, 0.15) is 0 Å². The molecular weight excluding hydrogens is 124 g/mol. The summed E-state index contributed by atoms with van der Waals surface area (Å²) >= 11 is 0. The highest BCUT2D eigenvalue weighted by Gasteiger charge is 2.10. The first-order valence-electron chi connectivity index (χ1n) is 3.75. The van der Waals surface area contributed by atoms with Gasteiger partial charge in [0.05, 0.1) is 6.10 Å². The van der Waals surface area contributed by atoms with Crippen LogP contribution in [0.4, 0.5) is 0 Å². The van der Waals surface area contributed by atoms with Crippen molar-refractivity contribution in [1.82, 2.24) is 0 Å². The van der Waals surface area contributed by atoms with Crippen LogP contribution in [0.1, 0.15) is 26.2 Å². The molecular formula is C9H14O. The Hall–Kier alpha value is -0.560. The third-order valence-corrected chi connectivity index (χ3v) is 1.89. The van der Waals surface area contributed by atoms with Crippen LogP contribution in [-0.2, 0) is 0 Å². The molecule has 1 heteroatoms. The van der Waals surface area contributed by atoms with Crippen LogP contribution in [0.3, 0.4) is 0 Å². The first kappa shape index (κ1) is 7.55. The molecule has 0 aliphatic heterocycles. The van der Waals surface area contributed by atoms with Gasteiger partial charge < -0.3 is 5.11 Å². The van der Waals surface area contributed by atoms with Crippen LogP contribution in [0.25, 0.3) is 0 Å². The average molecular weight is 138 g/mol. The summed E-state index contributed by atoms with van der Waals surface area (Å²) in [5, 5.41) is 9.21. The minimum Gasteiger partial charge on any atom is -0.389 e. The van der Waals surface area contributed by atoms with Gasteiger partial charge in [-0.25, -0.2) is 0 Å². The molecule has 0 radical (unpaired) electrons. The van der Waals surface area contributed by atoms with E-state index in [-0.39, 0.29) is 6.10 Å². The van der Waals surface area contributed by atoms with E-state index in [4.69, 9.17) is 0 Å². The summed E-state index contributed by atoms with van der Waals surface area (Å²) in [5.41, 5.74) is 2.33. The fourth-order valence-electron chi connectivity index (χ4n) is 1.26. The molecule has 0 aromatic rings. The molecule has 0 saturated heterocycles. The topological polar surface area (TPSA) is 20.2 Å². The van der Waals surface area contributed by atoms with E-state index < -0.39 is 0 Å². The lowest BCUT2D eigenvalue weighted by molar-refractivity contribution is 0.202. The molecule has 1 unspecified atom stereocenters. The quantitative estimate of drug-likeness (QED) is 0.588. The number of aliphatic hydroxyl groups is 1. The van der Waals surface area contributed by atoms with Gasteiger partial charge in [-0.2, -0.15) is 0 Å². The lowest BCUT2D eigenvalue weighted by Crippen LogP contribution is -2.08. The van der Waals surface area contributed by atoms with E-state index in [9.17, 15) is 5.11 Å². The number of allylic oxidation sites excluding steroid dienone is 2. The van der Waals surface area contributed by atoms with E-state index >= 15 is 0 Å². The monoisotopic (exact) mass is 138 g/mol. The second-order valence-corrected chi connectivity index (χ2v) is 2.93. The molecule has 0 aromatic heterocycles. The number of hydrogen-bond donors (Lipinski definition) is 1. The van der Waals surface area contributed by atoms with Crippen LogP contribution in [0, 0.1) is 0 Å². The summed E-state index contributed by atoms with van der Waals surface area (Å²) in [6.45, 7) is 5.82. The maximum absolute atomic E-state index is 9.21. The molecule has 1 nitrogen and oxygen atoms in total. The predicted molar refractivity (Wildman–Crippen MR) is 42.8 cm³/mol. The Bertz CT molecular complexity index is 168. The molecule has 0 spiro atoms. The standard InChI is InChI=1S/C9H14O/c1-7(2)8-4-3-5-9(10)6-8/h6,9-10H,1,3-5H2,2H3. The van der Waals surface area contributed by atoms with Crippen molar-refractivity contribution in [2.75, 3.05) is 0 Å². The molecule has 0 saturated carbocycles. The minimum absolute atomic E-state index is 0.222. The number of hydrogen-bond acceptors (Lipinski definition) is 1. The smallest absolute Gasteiger partial charge is 0.0726 e. The fourth-order valence-corrected chi connectivity index (χ4v) is 1.26. The van der Waals surface area contributed by atoms with Gasteiger partial charge >= 0.3 is 0 Å². The van der Waals surface area contributed by atoms with Crippen LogP contribution >= 0.6 is 0 Å². The van der Waals surface area contributed by atoms with Gasteiger partial charge in [0.15, 0.2) is 0 Å². The zero-order valence-electron chi connectivity index (χ0n) is 6.43. The van der Waals surface area contributed by atoms with Crippen molar-refractivity contribution < 1.29 is 5.11 Å². The van der Waals surface area contributed by atoms with Crippen molar-refractivity contribution in [3.63, 3.8) is 0 Å². The van der Waals surface area contributed by atoms with Gasteiger partial charge in [-0.05, 0) is 31.8 Å². The Balaban J connectivity index is 2.66. The summed E-state index contributed by atoms with van der Waals surface area (Å²) in [7, 11) is 0. The zero-order valence-corrected chi connectivity index (χ0v) is 6.43. The Morgan fingerprint density at radius 2 is 2.50 bits per heavy atom. The molecule has 0 heterocycles. The zero-order chi connectivity index (χ0) is 7.56. The van der Waals surface area contributed by atoms with Gasteiger partial charge in [-0.15, -0.1) is 0 Å². The van der Waals surface area contributed by atoms with Gasteiger partial charge in [-0.3, -0.25) is 0 Å². The maximum atomic E-state index is 9.21. The molecule has 56 valence electrons. The first-order chi connectivity index (χ1) is 4.70. The van der Waals surface area contributed by atoms with Crippen LogP contribution in [0.15, 0.2) is 23.8 Å². The second-order valence-electron chi connectivity index (χ2n) is 2.93. The van der Waals surface area contributed by atoms with Crippen LogP contribution in [-0.4, -0.2) is 11.2 Å². The van der Waals surface area contributed by atoms with Crippen molar-refractivity contribution in [2.45, 2.75) is 32.3 Å². The normalized spacial score (nSPS) is 25.8. The largest absolute Gasteiger partial charge is 0.389 e. The molecule has 0 aromatic carbocycles. The van der Waals surface area contributed by atoms with E-state index in [1.807, 2.05) is 13.0 Å². The molecule has 0 fully saturated rings. The third kappa shape index (κ3) is 1.71. The SMILES string of the molecule is C=C(C)C1=CC(O)CCC1. The minimum atomic E-state index is -0.222. The first-order valence-corrected chi connectivity index (χ1v) is 3.75. The van der Waals surface area contributed by atoms with Gasteiger partial charge in [0.25, 0.3) is 0 Å². The van der Waals surface area contributed by atoms with E-state index in [1.54, 1.807) is 0 Å². The maximum Gasteiger partial charge on any atom is 0.0726 e. The van der Waals surface area contributed by atoms with Crippen LogP contribution in [0.2, 0.25) is 0 Å². The Labute approximate surface area is 62.1 Å². The molecule has 0 bridgehead atoms. The summed E-state index contributed by atoms with van der Waals surface area (Å²) in [6.07, 6.45) is 4.80. The molecule has 0 amide bonds. The second kappa shape index (κ2) is 3.02. The Kier molecular flexibility index (Phi) is 2.28. The van der Waals surface area contributed by atoms with Crippen LogP contribution in [0.5, 0.6) is 0 Å². The molecule has 1 aliphatic rings. The van der Waals surface area contributed by atoms with Crippen molar-refractivity contribution in [3.05, 3.63) is 23.8 Å². The Morgan fingerprint density at radius 1 is 1.80 bits per heavy atom. The average Bonchev–Trinajstić information content (AvgIpc) is 1.88.